The first-order valence-electron chi connectivity index (χ1n) is 6.06. The summed E-state index contributed by atoms with van der Waals surface area (Å²) >= 11 is 0. The molecule has 0 radical (unpaired) electrons. The zero-order valence-electron chi connectivity index (χ0n) is 9.65. The smallest absolute Gasteiger partial charge is 0.226 e. The number of hydrogen-bond donors (Lipinski definition) is 1. The van der Waals surface area contributed by atoms with Gasteiger partial charge in [-0.05, 0) is 25.3 Å². The molecule has 5 heteroatoms. The molecule has 3 atom stereocenters. The Morgan fingerprint density at radius 2 is 2.44 bits per heavy atom. The van der Waals surface area contributed by atoms with E-state index >= 15 is 0 Å². The summed E-state index contributed by atoms with van der Waals surface area (Å²) in [5, 5.41) is 4.07. The monoisotopic (exact) mass is 222 g/mol. The molecule has 3 unspecified atom stereocenters. The first-order valence-corrected chi connectivity index (χ1v) is 6.06. The lowest BCUT2D eigenvalue weighted by molar-refractivity contribution is 0.157. The highest BCUT2D eigenvalue weighted by Crippen LogP contribution is 2.39. The molecule has 0 aliphatic carbocycles. The van der Waals surface area contributed by atoms with Gasteiger partial charge in [0.1, 0.15) is 0 Å². The van der Waals surface area contributed by atoms with Crippen molar-refractivity contribution in [3.63, 3.8) is 0 Å². The lowest BCUT2D eigenvalue weighted by Crippen LogP contribution is -2.51. The second kappa shape index (κ2) is 3.53. The van der Waals surface area contributed by atoms with Gasteiger partial charge in [0, 0.05) is 19.5 Å². The van der Waals surface area contributed by atoms with Gasteiger partial charge in [0.15, 0.2) is 5.82 Å². The molecule has 5 nitrogen and oxygen atoms in total. The fraction of sp³-hybridized carbons (Fsp3) is 0.818. The fourth-order valence-electron chi connectivity index (χ4n) is 2.89. The van der Waals surface area contributed by atoms with Crippen molar-refractivity contribution in [3.8, 4) is 0 Å². The van der Waals surface area contributed by atoms with Gasteiger partial charge in [-0.15, -0.1) is 0 Å². The zero-order chi connectivity index (χ0) is 11.2. The molecular formula is C11H18N4O. The lowest BCUT2D eigenvalue weighted by atomic mass is 9.79. The Labute approximate surface area is 95.0 Å². The Hall–Kier alpha value is -0.940. The highest BCUT2D eigenvalue weighted by Gasteiger charge is 2.47. The number of aromatic nitrogens is 2. The summed E-state index contributed by atoms with van der Waals surface area (Å²) in [5.74, 6) is 1.90. The predicted molar refractivity (Wildman–Crippen MR) is 58.7 cm³/mol. The van der Waals surface area contributed by atoms with Crippen molar-refractivity contribution in [2.45, 2.75) is 31.7 Å². The van der Waals surface area contributed by atoms with E-state index in [4.69, 9.17) is 10.3 Å². The van der Waals surface area contributed by atoms with Crippen LogP contribution in [0.15, 0.2) is 4.52 Å². The van der Waals surface area contributed by atoms with E-state index in [2.05, 4.69) is 15.0 Å². The third kappa shape index (κ3) is 1.38. The van der Waals surface area contributed by atoms with Crippen molar-refractivity contribution in [1.82, 2.24) is 15.0 Å². The summed E-state index contributed by atoms with van der Waals surface area (Å²) in [6, 6.07) is 0. The SMILES string of the molecule is CCc1nc(C2(N)CCN3CCC2C3)no1. The van der Waals surface area contributed by atoms with Crippen molar-refractivity contribution in [3.05, 3.63) is 11.7 Å². The summed E-state index contributed by atoms with van der Waals surface area (Å²) in [6.45, 7) is 5.33. The van der Waals surface area contributed by atoms with Crippen LogP contribution in [-0.2, 0) is 12.0 Å². The predicted octanol–water partition coefficient (Wildman–Crippen LogP) is 0.512. The van der Waals surface area contributed by atoms with Crippen LogP contribution in [0.4, 0.5) is 0 Å². The van der Waals surface area contributed by atoms with E-state index in [1.807, 2.05) is 6.92 Å². The molecule has 0 saturated carbocycles. The number of fused-ring (bicyclic) bond motifs is 2. The van der Waals surface area contributed by atoms with E-state index in [1.165, 1.54) is 6.54 Å². The average Bonchev–Trinajstić information content (AvgIpc) is 2.93. The molecule has 2 fully saturated rings. The van der Waals surface area contributed by atoms with E-state index < -0.39 is 0 Å². The molecule has 2 N–H and O–H groups in total. The quantitative estimate of drug-likeness (QED) is 0.789. The molecule has 2 aliphatic rings. The first-order chi connectivity index (χ1) is 7.72. The third-order valence-electron chi connectivity index (χ3n) is 4.03. The number of nitrogens with two attached hydrogens (primary N) is 1. The van der Waals surface area contributed by atoms with Crippen LogP contribution >= 0.6 is 0 Å². The molecule has 0 aromatic carbocycles. The van der Waals surface area contributed by atoms with E-state index in [0.29, 0.717) is 11.8 Å². The second-order valence-corrected chi connectivity index (χ2v) is 4.94. The molecule has 2 saturated heterocycles. The number of piperidine rings is 1. The highest BCUT2D eigenvalue weighted by atomic mass is 16.5. The minimum absolute atomic E-state index is 0.357. The average molecular weight is 222 g/mol. The normalized spacial score (nSPS) is 37.9. The van der Waals surface area contributed by atoms with Gasteiger partial charge in [0.25, 0.3) is 0 Å². The summed E-state index contributed by atoms with van der Waals surface area (Å²) in [4.78, 5) is 6.89. The maximum Gasteiger partial charge on any atom is 0.226 e. The van der Waals surface area contributed by atoms with Gasteiger partial charge in [-0.25, -0.2) is 0 Å². The standard InChI is InChI=1S/C11H18N4O/c1-2-9-13-10(14-16-9)11(12)4-6-15-5-3-8(11)7-15/h8H,2-7,12H2,1H3. The number of hydrogen-bond acceptors (Lipinski definition) is 5. The van der Waals surface area contributed by atoms with Gasteiger partial charge in [0.2, 0.25) is 5.89 Å². The number of aryl methyl sites for hydroxylation is 1. The van der Waals surface area contributed by atoms with E-state index in [9.17, 15) is 0 Å². The van der Waals surface area contributed by atoms with Crippen LogP contribution in [0.2, 0.25) is 0 Å². The van der Waals surface area contributed by atoms with Crippen molar-refractivity contribution in [2.75, 3.05) is 19.6 Å². The van der Waals surface area contributed by atoms with Gasteiger partial charge in [-0.3, -0.25) is 0 Å². The summed E-state index contributed by atoms with van der Waals surface area (Å²) in [5.41, 5.74) is 6.16. The van der Waals surface area contributed by atoms with Gasteiger partial charge in [0.05, 0.1) is 5.54 Å². The molecule has 1 aromatic rings. The zero-order valence-corrected chi connectivity index (χ0v) is 9.65. The second-order valence-electron chi connectivity index (χ2n) is 4.94. The van der Waals surface area contributed by atoms with Crippen molar-refractivity contribution in [2.24, 2.45) is 11.7 Å². The molecule has 16 heavy (non-hydrogen) atoms. The molecule has 88 valence electrons. The van der Waals surface area contributed by atoms with Gasteiger partial charge in [-0.2, -0.15) is 4.98 Å². The van der Waals surface area contributed by atoms with E-state index in [0.717, 1.165) is 38.2 Å². The Balaban J connectivity index is 1.91. The summed E-state index contributed by atoms with van der Waals surface area (Å²) in [7, 11) is 0. The molecule has 3 heterocycles. The molecule has 0 spiro atoms. The molecular weight excluding hydrogens is 204 g/mol. The van der Waals surface area contributed by atoms with Crippen LogP contribution in [-0.4, -0.2) is 34.7 Å². The van der Waals surface area contributed by atoms with E-state index in [1.54, 1.807) is 0 Å². The summed E-state index contributed by atoms with van der Waals surface area (Å²) < 4.78 is 5.18. The third-order valence-corrected chi connectivity index (χ3v) is 4.03. The van der Waals surface area contributed by atoms with Crippen LogP contribution in [0, 0.1) is 5.92 Å². The summed E-state index contributed by atoms with van der Waals surface area (Å²) in [6.07, 6.45) is 2.88. The Morgan fingerprint density at radius 1 is 1.56 bits per heavy atom. The van der Waals surface area contributed by atoms with Crippen LogP contribution in [0.3, 0.4) is 0 Å². The first kappa shape index (κ1) is 10.2. The molecule has 2 bridgehead atoms. The van der Waals surface area contributed by atoms with Crippen molar-refractivity contribution < 1.29 is 4.52 Å². The van der Waals surface area contributed by atoms with Gasteiger partial charge >= 0.3 is 0 Å². The Morgan fingerprint density at radius 3 is 3.19 bits per heavy atom. The highest BCUT2D eigenvalue weighted by molar-refractivity contribution is 5.12. The van der Waals surface area contributed by atoms with Crippen LogP contribution in [0.1, 0.15) is 31.5 Å². The van der Waals surface area contributed by atoms with Crippen LogP contribution < -0.4 is 5.73 Å². The maximum absolute atomic E-state index is 6.52. The lowest BCUT2D eigenvalue weighted by Gasteiger charge is -2.37. The maximum atomic E-state index is 6.52. The molecule has 0 amide bonds. The minimum Gasteiger partial charge on any atom is -0.339 e. The largest absolute Gasteiger partial charge is 0.339 e. The number of nitrogens with zero attached hydrogens (tertiary/aromatic N) is 3. The number of rotatable bonds is 2. The van der Waals surface area contributed by atoms with Gasteiger partial charge < -0.3 is 15.2 Å². The van der Waals surface area contributed by atoms with Crippen LogP contribution in [0.5, 0.6) is 0 Å². The molecule has 3 rings (SSSR count). The molecule has 2 aliphatic heterocycles. The van der Waals surface area contributed by atoms with E-state index in [-0.39, 0.29) is 5.54 Å². The van der Waals surface area contributed by atoms with Gasteiger partial charge in [-0.1, -0.05) is 12.1 Å². The van der Waals surface area contributed by atoms with Crippen molar-refractivity contribution in [1.29, 1.82) is 0 Å². The Kier molecular flexibility index (Phi) is 2.26. The van der Waals surface area contributed by atoms with Crippen LogP contribution in [0.25, 0.3) is 0 Å². The Bertz CT molecular complexity index is 391. The topological polar surface area (TPSA) is 68.2 Å². The fourth-order valence-corrected chi connectivity index (χ4v) is 2.89. The van der Waals surface area contributed by atoms with Crippen molar-refractivity contribution >= 4 is 0 Å². The molecule has 1 aromatic heterocycles. The minimum atomic E-state index is -0.357.